The van der Waals surface area contributed by atoms with E-state index < -0.39 is 36.7 Å². The van der Waals surface area contributed by atoms with E-state index in [4.69, 9.17) is 28.2 Å². The summed E-state index contributed by atoms with van der Waals surface area (Å²) in [6.45, 7) is 4.35. The van der Waals surface area contributed by atoms with E-state index in [1.54, 1.807) is 23.0 Å². The molecule has 3 aromatic rings. The Labute approximate surface area is 249 Å². The van der Waals surface area contributed by atoms with Crippen LogP contribution >= 0.6 is 23.2 Å². The maximum atomic E-state index is 12.9. The molecular weight excluding hydrogens is 600 g/mol. The molecule has 0 spiro atoms. The molecule has 10 nitrogen and oxygen atoms in total. The van der Waals surface area contributed by atoms with E-state index in [1.165, 1.54) is 0 Å². The molecule has 1 aromatic carbocycles. The summed E-state index contributed by atoms with van der Waals surface area (Å²) >= 11 is 12.5. The number of benzene rings is 1. The first kappa shape index (κ1) is 30.3. The van der Waals surface area contributed by atoms with Crippen LogP contribution in [0, 0.1) is 12.8 Å². The number of carbonyl (C=O) groups excluding carboxylic acids is 1. The summed E-state index contributed by atoms with van der Waals surface area (Å²) in [6.07, 6.45) is -2.00. The number of hydrogen-bond acceptors (Lipinski definition) is 8. The van der Waals surface area contributed by atoms with Gasteiger partial charge >= 0.3 is 18.1 Å². The van der Waals surface area contributed by atoms with E-state index >= 15 is 0 Å². The summed E-state index contributed by atoms with van der Waals surface area (Å²) in [6, 6.07) is 3.75. The maximum Gasteiger partial charge on any atom is 0.490 e. The molecule has 15 heteroatoms. The molecular formula is C27H29Cl2F3N6O4. The first-order chi connectivity index (χ1) is 19.8. The van der Waals surface area contributed by atoms with Gasteiger partial charge in [0.05, 0.1) is 24.5 Å². The summed E-state index contributed by atoms with van der Waals surface area (Å²) in [7, 11) is 0. The predicted octanol–water partition coefficient (Wildman–Crippen LogP) is 4.90. The molecule has 0 radical (unpaired) electrons. The van der Waals surface area contributed by atoms with E-state index in [9.17, 15) is 27.9 Å². The molecule has 226 valence electrons. The first-order valence-electron chi connectivity index (χ1n) is 13.5. The number of hydrogen-bond donors (Lipinski definition) is 1. The standard InChI is InChI=1S/C27H29Cl2F3N6O4/c1-14-23-24(38(35-14)15(2)18-6-5-17(28)10-19(18)29)34-22(11-33-23)36-9-7-20(37-8-3-4-21(37)25(39)40)16(12-36)13-42-26(41)27(30,31)32/h5-6,10-11,15-16,20-21H,3-4,7-9,12-13H2,1-2H3,(H,39,40)/t15?,16?,20?,21-/m0/s1. The van der Waals surface area contributed by atoms with Crippen LogP contribution in [0.15, 0.2) is 24.4 Å². The number of halogens is 5. The highest BCUT2D eigenvalue weighted by Gasteiger charge is 2.45. The predicted molar refractivity (Wildman–Crippen MR) is 149 cm³/mol. The summed E-state index contributed by atoms with van der Waals surface area (Å²) in [5, 5.41) is 15.3. The number of nitrogens with zero attached hydrogens (tertiary/aromatic N) is 6. The molecule has 0 aliphatic carbocycles. The number of aromatic nitrogens is 4. The van der Waals surface area contributed by atoms with Crippen molar-refractivity contribution in [1.29, 1.82) is 0 Å². The number of piperidine rings is 1. The van der Waals surface area contributed by atoms with Crippen molar-refractivity contribution in [3.63, 3.8) is 0 Å². The molecule has 0 bridgehead atoms. The number of esters is 1. The molecule has 2 aliphatic heterocycles. The van der Waals surface area contributed by atoms with Gasteiger partial charge in [0, 0.05) is 35.1 Å². The minimum Gasteiger partial charge on any atom is -0.480 e. The molecule has 4 atom stereocenters. The largest absolute Gasteiger partial charge is 0.490 e. The highest BCUT2D eigenvalue weighted by Crippen LogP contribution is 2.34. The number of likely N-dealkylation sites (tertiary alicyclic amines) is 1. The molecule has 2 saturated heterocycles. The molecule has 3 unspecified atom stereocenters. The van der Waals surface area contributed by atoms with Crippen molar-refractivity contribution >= 4 is 52.1 Å². The lowest BCUT2D eigenvalue weighted by Crippen LogP contribution is -2.55. The Balaban J connectivity index is 1.44. The maximum absolute atomic E-state index is 12.9. The third-order valence-corrected chi connectivity index (χ3v) is 8.58. The lowest BCUT2D eigenvalue weighted by molar-refractivity contribution is -0.201. The summed E-state index contributed by atoms with van der Waals surface area (Å²) in [5.74, 6) is -3.37. The molecule has 5 rings (SSSR count). The quantitative estimate of drug-likeness (QED) is 0.365. The van der Waals surface area contributed by atoms with Crippen molar-refractivity contribution in [3.05, 3.63) is 45.7 Å². The van der Waals surface area contributed by atoms with Gasteiger partial charge in [-0.1, -0.05) is 29.3 Å². The van der Waals surface area contributed by atoms with Crippen molar-refractivity contribution in [2.24, 2.45) is 5.92 Å². The lowest BCUT2D eigenvalue weighted by Gasteiger charge is -2.44. The molecule has 1 N–H and O–H groups in total. The summed E-state index contributed by atoms with van der Waals surface area (Å²) in [4.78, 5) is 36.5. The average molecular weight is 629 g/mol. The molecule has 0 saturated carbocycles. The van der Waals surface area contributed by atoms with Gasteiger partial charge in [0.2, 0.25) is 0 Å². The number of aliphatic carboxylic acids is 1. The van der Waals surface area contributed by atoms with Gasteiger partial charge in [0.1, 0.15) is 17.4 Å². The van der Waals surface area contributed by atoms with Crippen LogP contribution in [0.2, 0.25) is 10.0 Å². The van der Waals surface area contributed by atoms with Crippen LogP contribution in [-0.2, 0) is 14.3 Å². The van der Waals surface area contributed by atoms with Gasteiger partial charge in [-0.25, -0.2) is 19.4 Å². The number of alkyl halides is 3. The summed E-state index contributed by atoms with van der Waals surface area (Å²) < 4.78 is 45.1. The highest BCUT2D eigenvalue weighted by atomic mass is 35.5. The number of ether oxygens (including phenoxy) is 1. The van der Waals surface area contributed by atoms with Crippen molar-refractivity contribution in [1.82, 2.24) is 24.6 Å². The zero-order valence-corrected chi connectivity index (χ0v) is 24.3. The minimum absolute atomic E-state index is 0.185. The van der Waals surface area contributed by atoms with Crippen molar-refractivity contribution in [2.45, 2.75) is 57.4 Å². The fraction of sp³-hybridized carbons (Fsp3) is 0.519. The fourth-order valence-corrected chi connectivity index (χ4v) is 6.55. The van der Waals surface area contributed by atoms with Crippen LogP contribution in [0.4, 0.5) is 19.0 Å². The van der Waals surface area contributed by atoms with E-state index in [0.29, 0.717) is 65.1 Å². The SMILES string of the molecule is Cc1nn(C(C)c2ccc(Cl)cc2Cl)c2nc(N3CCC(N4CCC[C@H]4C(=O)O)C(COC(=O)C(F)(F)F)C3)cnc12. The van der Waals surface area contributed by atoms with Gasteiger partial charge < -0.3 is 14.7 Å². The Hall–Kier alpha value is -3.16. The van der Waals surface area contributed by atoms with Crippen molar-refractivity contribution in [3.8, 4) is 0 Å². The molecule has 42 heavy (non-hydrogen) atoms. The van der Waals surface area contributed by atoms with Crippen molar-refractivity contribution in [2.75, 3.05) is 31.1 Å². The van der Waals surface area contributed by atoms with E-state index in [0.717, 1.165) is 5.56 Å². The number of carboxylic acids is 1. The average Bonchev–Trinajstić information content (AvgIpc) is 3.55. The number of fused-ring (bicyclic) bond motifs is 1. The molecule has 2 aromatic heterocycles. The van der Waals surface area contributed by atoms with Crippen molar-refractivity contribution < 1.29 is 32.6 Å². The fourth-order valence-electron chi connectivity index (χ4n) is 5.98. The van der Waals surface area contributed by atoms with E-state index in [-0.39, 0.29) is 18.6 Å². The number of carboxylic acid groups (broad SMARTS) is 1. The second kappa shape index (κ2) is 11.8. The smallest absolute Gasteiger partial charge is 0.480 e. The Kier molecular flexibility index (Phi) is 8.55. The van der Waals surface area contributed by atoms with Gasteiger partial charge in [-0.3, -0.25) is 9.69 Å². The Bertz CT molecular complexity index is 1500. The number of anilines is 1. The molecule has 2 aliphatic rings. The Morgan fingerprint density at radius 2 is 1.98 bits per heavy atom. The number of aryl methyl sites for hydroxylation is 1. The second-order valence-corrected chi connectivity index (χ2v) is 11.5. The second-order valence-electron chi connectivity index (χ2n) is 10.7. The Morgan fingerprint density at radius 1 is 1.21 bits per heavy atom. The van der Waals surface area contributed by atoms with Crippen LogP contribution in [0.5, 0.6) is 0 Å². The Morgan fingerprint density at radius 3 is 2.67 bits per heavy atom. The molecule has 2 fully saturated rings. The van der Waals surface area contributed by atoms with E-state index in [2.05, 4.69) is 14.8 Å². The minimum atomic E-state index is -5.13. The van der Waals surface area contributed by atoms with Crippen LogP contribution < -0.4 is 4.90 Å². The first-order valence-corrected chi connectivity index (χ1v) is 14.2. The zero-order chi connectivity index (χ0) is 30.3. The highest BCUT2D eigenvalue weighted by molar-refractivity contribution is 6.35. The van der Waals surface area contributed by atoms with Gasteiger partial charge in [0.15, 0.2) is 5.65 Å². The van der Waals surface area contributed by atoms with Crippen LogP contribution in [0.25, 0.3) is 11.2 Å². The third kappa shape index (κ3) is 6.00. The van der Waals surface area contributed by atoms with Gasteiger partial charge in [0.25, 0.3) is 0 Å². The third-order valence-electron chi connectivity index (χ3n) is 8.02. The topological polar surface area (TPSA) is 114 Å². The zero-order valence-electron chi connectivity index (χ0n) is 22.8. The lowest BCUT2D eigenvalue weighted by atomic mass is 9.90. The monoisotopic (exact) mass is 628 g/mol. The number of carbonyl (C=O) groups is 2. The molecule has 0 amide bonds. The van der Waals surface area contributed by atoms with Gasteiger partial charge in [-0.05, 0) is 57.4 Å². The summed E-state index contributed by atoms with van der Waals surface area (Å²) in [5.41, 5.74) is 2.52. The number of rotatable bonds is 7. The molecule has 4 heterocycles. The van der Waals surface area contributed by atoms with E-state index in [1.807, 2.05) is 29.7 Å². The van der Waals surface area contributed by atoms with Gasteiger partial charge in [-0.15, -0.1) is 0 Å². The van der Waals surface area contributed by atoms with Crippen LogP contribution in [0.1, 0.15) is 43.5 Å². The van der Waals surface area contributed by atoms with Crippen LogP contribution in [0.3, 0.4) is 0 Å². The normalized spacial score (nSPS) is 22.5. The van der Waals surface area contributed by atoms with Gasteiger partial charge in [-0.2, -0.15) is 18.3 Å². The van der Waals surface area contributed by atoms with Crippen LogP contribution in [-0.4, -0.2) is 86.2 Å².